The van der Waals surface area contributed by atoms with Crippen molar-refractivity contribution in [1.82, 2.24) is 15.2 Å². The molecule has 1 aromatic heterocycles. The van der Waals surface area contributed by atoms with Crippen LogP contribution in [0.4, 0.5) is 5.13 Å². The Morgan fingerprint density at radius 3 is 2.59 bits per heavy atom. The number of anilines is 1. The second-order valence-electron chi connectivity index (χ2n) is 10.0. The Morgan fingerprint density at radius 2 is 1.94 bits per heavy atom. The number of ether oxygens (including phenoxy) is 2. The van der Waals surface area contributed by atoms with Gasteiger partial charge in [0.15, 0.2) is 5.13 Å². The normalized spacial score (nSPS) is 19.0. The van der Waals surface area contributed by atoms with E-state index in [1.54, 1.807) is 19.1 Å². The summed E-state index contributed by atoms with van der Waals surface area (Å²) >= 11 is 1.44. The monoisotopic (exact) mass is 486 g/mol. The summed E-state index contributed by atoms with van der Waals surface area (Å²) in [5.74, 6) is 1.29. The van der Waals surface area contributed by atoms with E-state index in [1.807, 2.05) is 44.4 Å². The number of rotatable bonds is 8. The number of amides is 2. The average Bonchev–Trinajstić information content (AvgIpc) is 3.29. The Hall–Kier alpha value is -2.81. The summed E-state index contributed by atoms with van der Waals surface area (Å²) in [4.78, 5) is 32.9. The van der Waals surface area contributed by atoms with Gasteiger partial charge in [0.2, 0.25) is 11.8 Å². The molecule has 2 aromatic rings. The van der Waals surface area contributed by atoms with Gasteiger partial charge in [-0.15, -0.1) is 11.3 Å². The molecule has 2 atom stereocenters. The summed E-state index contributed by atoms with van der Waals surface area (Å²) in [7, 11) is 3.23. The van der Waals surface area contributed by atoms with Gasteiger partial charge in [0.05, 0.1) is 19.9 Å². The molecule has 2 N–H and O–H groups in total. The van der Waals surface area contributed by atoms with Crippen molar-refractivity contribution in [1.29, 1.82) is 0 Å². The third-order valence-corrected chi connectivity index (χ3v) is 7.11. The molecule has 2 amide bonds. The molecule has 0 spiro atoms. The minimum atomic E-state index is -0.515. The van der Waals surface area contributed by atoms with Crippen molar-refractivity contribution in [2.24, 2.45) is 5.41 Å². The summed E-state index contributed by atoms with van der Waals surface area (Å²) in [5, 5.41) is 9.04. The average molecular weight is 487 g/mol. The first kappa shape index (κ1) is 24.3. The maximum absolute atomic E-state index is 13.7. The highest BCUT2D eigenvalue weighted by atomic mass is 32.1. The van der Waals surface area contributed by atoms with Crippen molar-refractivity contribution in [3.63, 3.8) is 0 Å². The third kappa shape index (κ3) is 5.29. The number of aromatic nitrogens is 1. The first-order valence-electron chi connectivity index (χ1n) is 11.8. The maximum Gasteiger partial charge on any atom is 0.246 e. The highest BCUT2D eigenvalue weighted by molar-refractivity contribution is 7.14. The van der Waals surface area contributed by atoms with Gasteiger partial charge < -0.3 is 25.0 Å². The second-order valence-corrected chi connectivity index (χ2v) is 10.9. The van der Waals surface area contributed by atoms with Crippen LogP contribution in [0.3, 0.4) is 0 Å². The van der Waals surface area contributed by atoms with E-state index in [0.29, 0.717) is 29.6 Å². The van der Waals surface area contributed by atoms with Gasteiger partial charge in [-0.3, -0.25) is 9.59 Å². The Bertz CT molecular complexity index is 1040. The first-order chi connectivity index (χ1) is 16.2. The Balaban J connectivity index is 1.53. The molecular formula is C25H34N4O4S. The Labute approximate surface area is 205 Å². The molecule has 1 saturated heterocycles. The standard InChI is InChI=1S/C25H34N4O4S/c1-25(2,3)21(23(31)29-12-6-7-19(29)22(30)26-15-8-9-15)28-24-27-18(14-34-24)17-11-10-16(32-4)13-20(17)33-5/h10-11,13-15,19,21H,6-9,12H2,1-5H3,(H,26,30)(H,27,28)/t19-,21+/m0/s1. The van der Waals surface area contributed by atoms with Gasteiger partial charge in [-0.1, -0.05) is 20.8 Å². The first-order valence-corrected chi connectivity index (χ1v) is 12.6. The summed E-state index contributed by atoms with van der Waals surface area (Å²) in [6.07, 6.45) is 3.61. The number of hydrogen-bond donors (Lipinski definition) is 2. The molecule has 1 aliphatic carbocycles. The van der Waals surface area contributed by atoms with Crippen LogP contribution in [0.15, 0.2) is 23.6 Å². The number of thiazole rings is 1. The second kappa shape index (κ2) is 9.82. The lowest BCUT2D eigenvalue weighted by molar-refractivity contribution is -0.140. The van der Waals surface area contributed by atoms with Crippen LogP contribution in [-0.2, 0) is 9.59 Å². The van der Waals surface area contributed by atoms with Gasteiger partial charge in [0, 0.05) is 29.6 Å². The lowest BCUT2D eigenvalue weighted by atomic mass is 9.85. The van der Waals surface area contributed by atoms with Crippen LogP contribution >= 0.6 is 11.3 Å². The van der Waals surface area contributed by atoms with Crippen LogP contribution in [-0.4, -0.2) is 60.6 Å². The number of carbonyl (C=O) groups is 2. The Morgan fingerprint density at radius 1 is 1.18 bits per heavy atom. The van der Waals surface area contributed by atoms with E-state index in [4.69, 9.17) is 14.5 Å². The van der Waals surface area contributed by atoms with E-state index in [1.165, 1.54) is 11.3 Å². The van der Waals surface area contributed by atoms with E-state index in [9.17, 15) is 9.59 Å². The van der Waals surface area contributed by atoms with Crippen LogP contribution in [0.25, 0.3) is 11.3 Å². The van der Waals surface area contributed by atoms with Crippen molar-refractivity contribution >= 4 is 28.3 Å². The summed E-state index contributed by atoms with van der Waals surface area (Å²) in [5.41, 5.74) is 1.23. The fourth-order valence-electron chi connectivity index (χ4n) is 4.24. The summed E-state index contributed by atoms with van der Waals surface area (Å²) < 4.78 is 10.8. The molecular weight excluding hydrogens is 452 g/mol. The summed E-state index contributed by atoms with van der Waals surface area (Å²) in [6, 6.07) is 4.98. The number of methoxy groups -OCH3 is 2. The number of carbonyl (C=O) groups excluding carboxylic acids is 2. The molecule has 2 heterocycles. The Kier molecular flexibility index (Phi) is 7.02. The van der Waals surface area contributed by atoms with Gasteiger partial charge in [0.1, 0.15) is 23.6 Å². The van der Waals surface area contributed by atoms with Gasteiger partial charge in [0.25, 0.3) is 0 Å². The van der Waals surface area contributed by atoms with Crippen molar-refractivity contribution < 1.29 is 19.1 Å². The zero-order chi connectivity index (χ0) is 24.5. The number of likely N-dealkylation sites (tertiary alicyclic amines) is 1. The minimum absolute atomic E-state index is 0.0239. The molecule has 1 aromatic carbocycles. The number of nitrogens with zero attached hydrogens (tertiary/aromatic N) is 2. The van der Waals surface area contributed by atoms with Gasteiger partial charge >= 0.3 is 0 Å². The van der Waals surface area contributed by atoms with E-state index in [-0.39, 0.29) is 23.3 Å². The quantitative estimate of drug-likeness (QED) is 0.588. The van der Waals surface area contributed by atoms with Gasteiger partial charge in [-0.2, -0.15) is 0 Å². The molecule has 2 fully saturated rings. The lowest BCUT2D eigenvalue weighted by Crippen LogP contribution is -2.54. The van der Waals surface area contributed by atoms with Crippen LogP contribution < -0.4 is 20.1 Å². The molecule has 184 valence electrons. The number of hydrogen-bond acceptors (Lipinski definition) is 7. The predicted molar refractivity (Wildman–Crippen MR) is 133 cm³/mol. The van der Waals surface area contributed by atoms with Gasteiger partial charge in [-0.25, -0.2) is 4.98 Å². The van der Waals surface area contributed by atoms with Crippen molar-refractivity contribution in [3.8, 4) is 22.8 Å². The molecule has 0 bridgehead atoms. The molecule has 34 heavy (non-hydrogen) atoms. The number of nitrogens with one attached hydrogen (secondary N) is 2. The molecule has 1 saturated carbocycles. The van der Waals surface area contributed by atoms with E-state index in [2.05, 4.69) is 10.6 Å². The largest absolute Gasteiger partial charge is 0.497 e. The zero-order valence-electron chi connectivity index (χ0n) is 20.5. The maximum atomic E-state index is 13.7. The van der Waals surface area contributed by atoms with E-state index < -0.39 is 12.1 Å². The van der Waals surface area contributed by atoms with Crippen molar-refractivity contribution in [2.75, 3.05) is 26.1 Å². The molecule has 8 nitrogen and oxygen atoms in total. The van der Waals surface area contributed by atoms with Crippen LogP contribution in [0.5, 0.6) is 11.5 Å². The zero-order valence-corrected chi connectivity index (χ0v) is 21.3. The minimum Gasteiger partial charge on any atom is -0.497 e. The van der Waals surface area contributed by atoms with E-state index >= 15 is 0 Å². The highest BCUT2D eigenvalue weighted by Crippen LogP contribution is 2.36. The SMILES string of the molecule is COc1ccc(-c2csc(N[C@H](C(=O)N3CCC[C@H]3C(=O)NC3CC3)C(C)(C)C)n2)c(OC)c1. The van der Waals surface area contributed by atoms with Crippen LogP contribution in [0.1, 0.15) is 46.5 Å². The van der Waals surface area contributed by atoms with Crippen LogP contribution in [0.2, 0.25) is 0 Å². The fourth-order valence-corrected chi connectivity index (χ4v) is 4.98. The van der Waals surface area contributed by atoms with Crippen LogP contribution in [0, 0.1) is 5.41 Å². The van der Waals surface area contributed by atoms with Crippen molar-refractivity contribution in [3.05, 3.63) is 23.6 Å². The molecule has 0 unspecified atom stereocenters. The molecule has 2 aliphatic rings. The summed E-state index contributed by atoms with van der Waals surface area (Å²) in [6.45, 7) is 6.68. The smallest absolute Gasteiger partial charge is 0.246 e. The fraction of sp³-hybridized carbons (Fsp3) is 0.560. The highest BCUT2D eigenvalue weighted by Gasteiger charge is 2.42. The topological polar surface area (TPSA) is 92.8 Å². The lowest BCUT2D eigenvalue weighted by Gasteiger charge is -2.35. The molecule has 0 radical (unpaired) electrons. The predicted octanol–water partition coefficient (Wildman–Crippen LogP) is 3.92. The van der Waals surface area contributed by atoms with Gasteiger partial charge in [-0.05, 0) is 43.2 Å². The molecule has 1 aliphatic heterocycles. The molecule has 9 heteroatoms. The third-order valence-electron chi connectivity index (χ3n) is 6.33. The number of benzene rings is 1. The molecule has 4 rings (SSSR count). The van der Waals surface area contributed by atoms with Crippen molar-refractivity contribution in [2.45, 2.75) is 64.6 Å². The van der Waals surface area contributed by atoms with E-state index in [0.717, 1.165) is 30.5 Å².